The van der Waals surface area contributed by atoms with Crippen LogP contribution in [0.4, 0.5) is 0 Å². The summed E-state index contributed by atoms with van der Waals surface area (Å²) in [6.07, 6.45) is 0. The van der Waals surface area contributed by atoms with E-state index in [2.05, 4.69) is 5.32 Å². The van der Waals surface area contributed by atoms with Gasteiger partial charge in [0, 0.05) is 5.02 Å². The van der Waals surface area contributed by atoms with E-state index in [1.807, 2.05) is 0 Å². The molecule has 9 heteroatoms. The summed E-state index contributed by atoms with van der Waals surface area (Å²) in [6, 6.07) is 14.7. The normalized spacial score (nSPS) is 10.6. The lowest BCUT2D eigenvalue weighted by Gasteiger charge is -2.16. The van der Waals surface area contributed by atoms with Gasteiger partial charge in [0.25, 0.3) is 11.5 Å². The van der Waals surface area contributed by atoms with E-state index in [0.29, 0.717) is 10.6 Å². The number of benzene rings is 2. The third-order valence-electron chi connectivity index (χ3n) is 4.31. The summed E-state index contributed by atoms with van der Waals surface area (Å²) in [5.74, 6) is -2.12. The lowest BCUT2D eigenvalue weighted by molar-refractivity contribution is -0.116. The number of halogens is 1. The zero-order valence-electron chi connectivity index (χ0n) is 16.0. The summed E-state index contributed by atoms with van der Waals surface area (Å²) in [7, 11) is 0. The molecule has 0 saturated heterocycles. The van der Waals surface area contributed by atoms with Crippen molar-refractivity contribution in [2.24, 2.45) is 0 Å². The van der Waals surface area contributed by atoms with Crippen molar-refractivity contribution >= 4 is 23.3 Å². The van der Waals surface area contributed by atoms with Crippen molar-refractivity contribution in [3.63, 3.8) is 0 Å². The molecule has 154 valence electrons. The Morgan fingerprint density at radius 1 is 1.03 bits per heavy atom. The Labute approximate surface area is 176 Å². The molecule has 0 bridgehead atoms. The van der Waals surface area contributed by atoms with Gasteiger partial charge in [0.05, 0.1) is 18.8 Å². The van der Waals surface area contributed by atoms with Gasteiger partial charge in [-0.3, -0.25) is 19.0 Å². The van der Waals surface area contributed by atoms with E-state index in [1.54, 1.807) is 30.3 Å². The van der Waals surface area contributed by atoms with E-state index in [-0.39, 0.29) is 24.6 Å². The number of carbonyl (C=O) groups is 2. The second-order valence-corrected chi connectivity index (χ2v) is 6.99. The summed E-state index contributed by atoms with van der Waals surface area (Å²) in [5.41, 5.74) is -1.56. The maximum absolute atomic E-state index is 13.1. The zero-order valence-corrected chi connectivity index (χ0v) is 16.7. The third-order valence-corrected chi connectivity index (χ3v) is 4.56. The van der Waals surface area contributed by atoms with Gasteiger partial charge in [0.1, 0.15) is 5.78 Å². The number of aromatic hydroxyl groups is 1. The van der Waals surface area contributed by atoms with Crippen LogP contribution in [0, 0.1) is 0 Å². The number of Topliss-reactive ketones (excluding diaryl/α,β-unsaturated/α-hetero) is 1. The van der Waals surface area contributed by atoms with E-state index in [9.17, 15) is 24.3 Å². The minimum Gasteiger partial charge on any atom is -0.493 e. The summed E-state index contributed by atoms with van der Waals surface area (Å²) < 4.78 is 1.70. The molecule has 3 rings (SSSR count). The SMILES string of the molecule is CC(=O)CNC(=O)c1c(O)n(-c2ccc(Cl)cc2)c(=O)n(Cc2ccccc2)c1=O. The van der Waals surface area contributed by atoms with Gasteiger partial charge >= 0.3 is 5.69 Å². The van der Waals surface area contributed by atoms with Crippen LogP contribution in [0.3, 0.4) is 0 Å². The maximum Gasteiger partial charge on any atom is 0.338 e. The number of nitrogens with one attached hydrogen (secondary N) is 1. The molecule has 1 heterocycles. The molecule has 3 aromatic rings. The molecule has 0 atom stereocenters. The summed E-state index contributed by atoms with van der Waals surface area (Å²) >= 11 is 5.89. The van der Waals surface area contributed by atoms with E-state index < -0.39 is 28.6 Å². The fraction of sp³-hybridized carbons (Fsp3) is 0.143. The Morgan fingerprint density at radius 2 is 1.67 bits per heavy atom. The Balaban J connectivity index is 2.24. The van der Waals surface area contributed by atoms with Crippen LogP contribution in [0.25, 0.3) is 5.69 Å². The minimum absolute atomic E-state index is 0.112. The maximum atomic E-state index is 13.1. The Kier molecular flexibility index (Phi) is 6.17. The van der Waals surface area contributed by atoms with Crippen molar-refractivity contribution < 1.29 is 14.7 Å². The van der Waals surface area contributed by atoms with Gasteiger partial charge in [0.2, 0.25) is 5.88 Å². The first-order chi connectivity index (χ1) is 14.3. The van der Waals surface area contributed by atoms with Crippen LogP contribution in [0.1, 0.15) is 22.8 Å². The van der Waals surface area contributed by atoms with Crippen molar-refractivity contribution in [3.05, 3.63) is 91.6 Å². The molecule has 2 N–H and O–H groups in total. The number of hydrogen-bond acceptors (Lipinski definition) is 5. The fourth-order valence-electron chi connectivity index (χ4n) is 2.86. The molecule has 0 saturated carbocycles. The standard InChI is InChI=1S/C21H18ClN3O5/c1-13(26)11-23-18(27)17-19(28)24(12-14-5-3-2-4-6-14)21(30)25(20(17)29)16-9-7-15(22)8-10-16/h2-10,29H,11-12H2,1H3,(H,23,27). The molecular weight excluding hydrogens is 410 g/mol. The first kappa shape index (κ1) is 21.1. The van der Waals surface area contributed by atoms with Crippen LogP contribution >= 0.6 is 11.6 Å². The van der Waals surface area contributed by atoms with Crippen molar-refractivity contribution in [1.29, 1.82) is 0 Å². The Hall–Kier alpha value is -3.65. The monoisotopic (exact) mass is 427 g/mol. The van der Waals surface area contributed by atoms with Gasteiger partial charge in [-0.05, 0) is 36.8 Å². The molecule has 0 aliphatic heterocycles. The third kappa shape index (κ3) is 4.33. The van der Waals surface area contributed by atoms with Gasteiger partial charge in [-0.1, -0.05) is 41.9 Å². The topological polar surface area (TPSA) is 110 Å². The summed E-state index contributed by atoms with van der Waals surface area (Å²) in [6.45, 7) is 0.832. The molecular formula is C21H18ClN3O5. The molecule has 30 heavy (non-hydrogen) atoms. The molecule has 0 unspecified atom stereocenters. The summed E-state index contributed by atoms with van der Waals surface area (Å²) in [4.78, 5) is 49.8. The lowest BCUT2D eigenvalue weighted by atomic mass is 10.2. The van der Waals surface area contributed by atoms with Gasteiger partial charge in [-0.25, -0.2) is 9.36 Å². The highest BCUT2D eigenvalue weighted by Gasteiger charge is 2.25. The van der Waals surface area contributed by atoms with Crippen molar-refractivity contribution in [2.45, 2.75) is 13.5 Å². The number of hydrogen-bond donors (Lipinski definition) is 2. The van der Waals surface area contributed by atoms with Gasteiger partial charge in [-0.2, -0.15) is 0 Å². The highest BCUT2D eigenvalue weighted by molar-refractivity contribution is 6.30. The fourth-order valence-corrected chi connectivity index (χ4v) is 2.99. The average Bonchev–Trinajstić information content (AvgIpc) is 2.72. The van der Waals surface area contributed by atoms with Crippen LogP contribution in [0.2, 0.25) is 5.02 Å². The second kappa shape index (κ2) is 8.79. The predicted octanol–water partition coefficient (Wildman–Crippen LogP) is 1.73. The molecule has 0 radical (unpaired) electrons. The Bertz CT molecular complexity index is 1210. The number of rotatable bonds is 6. The molecule has 2 aromatic carbocycles. The van der Waals surface area contributed by atoms with Crippen molar-refractivity contribution in [2.75, 3.05) is 6.54 Å². The predicted molar refractivity (Wildman–Crippen MR) is 112 cm³/mol. The second-order valence-electron chi connectivity index (χ2n) is 6.55. The van der Waals surface area contributed by atoms with Crippen LogP contribution < -0.4 is 16.6 Å². The molecule has 0 aliphatic carbocycles. The number of carbonyl (C=O) groups excluding carboxylic acids is 2. The van der Waals surface area contributed by atoms with Crippen LogP contribution in [-0.2, 0) is 11.3 Å². The average molecular weight is 428 g/mol. The molecule has 8 nitrogen and oxygen atoms in total. The first-order valence-corrected chi connectivity index (χ1v) is 9.33. The molecule has 0 aliphatic rings. The van der Waals surface area contributed by atoms with Crippen molar-refractivity contribution in [1.82, 2.24) is 14.5 Å². The molecule has 1 aromatic heterocycles. The number of ketones is 1. The molecule has 0 fully saturated rings. The largest absolute Gasteiger partial charge is 0.493 e. The quantitative estimate of drug-likeness (QED) is 0.622. The van der Waals surface area contributed by atoms with E-state index in [1.165, 1.54) is 31.2 Å². The lowest BCUT2D eigenvalue weighted by Crippen LogP contribution is -2.44. The van der Waals surface area contributed by atoms with Crippen LogP contribution in [-0.4, -0.2) is 32.5 Å². The number of aromatic nitrogens is 2. The van der Waals surface area contributed by atoms with Gasteiger partial charge < -0.3 is 10.4 Å². The highest BCUT2D eigenvalue weighted by Crippen LogP contribution is 2.19. The van der Waals surface area contributed by atoms with Gasteiger partial charge in [0.15, 0.2) is 5.56 Å². The van der Waals surface area contributed by atoms with Crippen LogP contribution in [0.15, 0.2) is 64.2 Å². The molecule has 0 spiro atoms. The Morgan fingerprint density at radius 3 is 2.27 bits per heavy atom. The van der Waals surface area contributed by atoms with Crippen LogP contribution in [0.5, 0.6) is 5.88 Å². The number of nitrogens with zero attached hydrogens (tertiary/aromatic N) is 2. The zero-order chi connectivity index (χ0) is 21.8. The van der Waals surface area contributed by atoms with E-state index >= 15 is 0 Å². The van der Waals surface area contributed by atoms with Gasteiger partial charge in [-0.15, -0.1) is 0 Å². The minimum atomic E-state index is -0.965. The van der Waals surface area contributed by atoms with E-state index in [0.717, 1.165) is 9.13 Å². The van der Waals surface area contributed by atoms with Crippen molar-refractivity contribution in [3.8, 4) is 11.6 Å². The first-order valence-electron chi connectivity index (χ1n) is 8.96. The summed E-state index contributed by atoms with van der Waals surface area (Å²) in [5, 5.41) is 13.4. The van der Waals surface area contributed by atoms with E-state index in [4.69, 9.17) is 11.6 Å². The smallest absolute Gasteiger partial charge is 0.338 e. The molecule has 1 amide bonds. The highest BCUT2D eigenvalue weighted by atomic mass is 35.5. The number of amides is 1.